The highest BCUT2D eigenvalue weighted by atomic mass is 32.1. The molecule has 2 aromatic heterocycles. The van der Waals surface area contributed by atoms with Gasteiger partial charge >= 0.3 is 0 Å². The largest absolute Gasteiger partial charge is 0.383 e. The highest BCUT2D eigenvalue weighted by Crippen LogP contribution is 2.26. The summed E-state index contributed by atoms with van der Waals surface area (Å²) in [6.07, 6.45) is 3.57. The van der Waals surface area contributed by atoms with Crippen molar-refractivity contribution in [1.82, 2.24) is 19.4 Å². The molecular formula is C9H12N4OS. The molecule has 0 aliphatic carbocycles. The third kappa shape index (κ3) is 1.91. The average molecular weight is 224 g/mol. The second-order valence-electron chi connectivity index (χ2n) is 3.29. The van der Waals surface area contributed by atoms with Gasteiger partial charge in [0.1, 0.15) is 6.10 Å². The zero-order valence-electron chi connectivity index (χ0n) is 8.58. The summed E-state index contributed by atoms with van der Waals surface area (Å²) in [5, 5.41) is 18.1. The molecule has 0 radical (unpaired) electrons. The predicted molar refractivity (Wildman–Crippen MR) is 56.6 cm³/mol. The van der Waals surface area contributed by atoms with E-state index in [1.54, 1.807) is 17.1 Å². The van der Waals surface area contributed by atoms with Gasteiger partial charge in [-0.3, -0.25) is 4.68 Å². The highest BCUT2D eigenvalue weighted by Gasteiger charge is 2.18. The second kappa shape index (κ2) is 4.08. The van der Waals surface area contributed by atoms with E-state index in [0.717, 1.165) is 22.6 Å². The second-order valence-corrected chi connectivity index (χ2v) is 4.07. The smallest absolute Gasteiger partial charge is 0.120 e. The van der Waals surface area contributed by atoms with Gasteiger partial charge in [-0.2, -0.15) is 5.10 Å². The first-order valence-electron chi connectivity index (χ1n) is 4.70. The lowest BCUT2D eigenvalue weighted by atomic mass is 10.1. The van der Waals surface area contributed by atoms with Gasteiger partial charge in [-0.1, -0.05) is 11.4 Å². The Hall–Kier alpha value is -1.27. The van der Waals surface area contributed by atoms with E-state index in [4.69, 9.17) is 0 Å². The Balaban J connectivity index is 2.31. The summed E-state index contributed by atoms with van der Waals surface area (Å²) in [6.45, 7) is 2.00. The molecule has 15 heavy (non-hydrogen) atoms. The predicted octanol–water partition coefficient (Wildman–Crippen LogP) is 0.916. The van der Waals surface area contributed by atoms with E-state index in [9.17, 15) is 5.11 Å². The van der Waals surface area contributed by atoms with Crippen molar-refractivity contribution in [3.05, 3.63) is 28.5 Å². The van der Waals surface area contributed by atoms with Crippen LogP contribution in [-0.4, -0.2) is 24.5 Å². The number of aryl methyl sites for hydroxylation is 2. The Morgan fingerprint density at radius 2 is 2.40 bits per heavy atom. The molecule has 0 saturated heterocycles. The number of hydrogen-bond donors (Lipinski definition) is 1. The molecule has 0 fully saturated rings. The highest BCUT2D eigenvalue weighted by molar-refractivity contribution is 7.05. The minimum absolute atomic E-state index is 0.659. The fourth-order valence-electron chi connectivity index (χ4n) is 1.40. The van der Waals surface area contributed by atoms with Crippen molar-refractivity contribution >= 4 is 11.5 Å². The first-order chi connectivity index (χ1) is 7.22. The summed E-state index contributed by atoms with van der Waals surface area (Å²) in [5.41, 5.74) is 1.63. The van der Waals surface area contributed by atoms with Crippen LogP contribution < -0.4 is 0 Å². The van der Waals surface area contributed by atoms with Crippen molar-refractivity contribution in [1.29, 1.82) is 0 Å². The van der Waals surface area contributed by atoms with Crippen LogP contribution >= 0.6 is 11.5 Å². The fourth-order valence-corrected chi connectivity index (χ4v) is 2.15. The van der Waals surface area contributed by atoms with Crippen LogP contribution in [0.2, 0.25) is 0 Å². The van der Waals surface area contributed by atoms with Crippen molar-refractivity contribution in [2.45, 2.75) is 19.4 Å². The molecule has 1 N–H and O–H groups in total. The van der Waals surface area contributed by atoms with Gasteiger partial charge in [0.05, 0.1) is 16.8 Å². The maximum atomic E-state index is 10.1. The van der Waals surface area contributed by atoms with E-state index in [1.165, 1.54) is 11.5 Å². The average Bonchev–Trinajstić information content (AvgIpc) is 2.84. The Kier molecular flexibility index (Phi) is 2.79. The van der Waals surface area contributed by atoms with Gasteiger partial charge in [-0.05, 0) is 18.0 Å². The molecule has 0 spiro atoms. The topological polar surface area (TPSA) is 63.8 Å². The maximum absolute atomic E-state index is 10.1. The van der Waals surface area contributed by atoms with E-state index in [2.05, 4.69) is 14.7 Å². The van der Waals surface area contributed by atoms with Crippen molar-refractivity contribution in [3.63, 3.8) is 0 Å². The van der Waals surface area contributed by atoms with E-state index >= 15 is 0 Å². The van der Waals surface area contributed by atoms with Gasteiger partial charge in [0, 0.05) is 18.8 Å². The molecule has 1 unspecified atom stereocenters. The number of aliphatic hydroxyl groups is 1. The molecule has 2 rings (SSSR count). The Morgan fingerprint density at radius 3 is 3.00 bits per heavy atom. The van der Waals surface area contributed by atoms with Crippen LogP contribution in [0.1, 0.15) is 29.2 Å². The summed E-state index contributed by atoms with van der Waals surface area (Å²) >= 11 is 1.24. The molecule has 1 atom stereocenters. The number of rotatable bonds is 3. The molecule has 5 nitrogen and oxygen atoms in total. The van der Waals surface area contributed by atoms with E-state index < -0.39 is 6.10 Å². The van der Waals surface area contributed by atoms with E-state index in [-0.39, 0.29) is 0 Å². The van der Waals surface area contributed by atoms with Crippen LogP contribution in [0.3, 0.4) is 0 Å². The standard InChI is InChI=1S/C9H12N4OS/c1-3-7-9(15-12-11-7)8(14)6-4-10-13(2)5-6/h4-5,8,14H,3H2,1-2H3. The van der Waals surface area contributed by atoms with Gasteiger partial charge in [-0.25, -0.2) is 0 Å². The molecule has 6 heteroatoms. The van der Waals surface area contributed by atoms with Crippen LogP contribution in [0, 0.1) is 0 Å². The zero-order valence-corrected chi connectivity index (χ0v) is 9.40. The number of aromatic nitrogens is 4. The summed E-state index contributed by atoms with van der Waals surface area (Å²) in [5.74, 6) is 0. The van der Waals surface area contributed by atoms with Crippen molar-refractivity contribution in [2.24, 2.45) is 7.05 Å². The van der Waals surface area contributed by atoms with Gasteiger partial charge in [0.2, 0.25) is 0 Å². The van der Waals surface area contributed by atoms with Gasteiger partial charge < -0.3 is 5.11 Å². The SMILES string of the molecule is CCc1nnsc1C(O)c1cnn(C)c1. The summed E-state index contributed by atoms with van der Waals surface area (Å²) in [6, 6.07) is 0. The van der Waals surface area contributed by atoms with Gasteiger partial charge in [0.15, 0.2) is 0 Å². The fraction of sp³-hybridized carbons (Fsp3) is 0.444. The molecule has 80 valence electrons. The molecule has 0 aromatic carbocycles. The monoisotopic (exact) mass is 224 g/mol. The molecule has 2 heterocycles. The Morgan fingerprint density at radius 1 is 1.60 bits per heavy atom. The van der Waals surface area contributed by atoms with Crippen molar-refractivity contribution < 1.29 is 5.11 Å². The molecule has 0 saturated carbocycles. The van der Waals surface area contributed by atoms with Crippen LogP contribution in [0.4, 0.5) is 0 Å². The molecule has 0 aliphatic heterocycles. The molecular weight excluding hydrogens is 212 g/mol. The molecule has 0 aliphatic rings. The normalized spacial score (nSPS) is 13.0. The maximum Gasteiger partial charge on any atom is 0.120 e. The minimum atomic E-state index is -0.659. The third-order valence-electron chi connectivity index (χ3n) is 2.21. The first kappa shape index (κ1) is 10.3. The third-order valence-corrected chi connectivity index (χ3v) is 3.03. The van der Waals surface area contributed by atoms with E-state index in [0.29, 0.717) is 0 Å². The summed E-state index contributed by atoms with van der Waals surface area (Å²) < 4.78 is 5.52. The van der Waals surface area contributed by atoms with Gasteiger partial charge in [0.25, 0.3) is 0 Å². The van der Waals surface area contributed by atoms with Crippen LogP contribution in [-0.2, 0) is 13.5 Å². The Labute approximate surface area is 91.5 Å². The number of nitrogens with zero attached hydrogens (tertiary/aromatic N) is 4. The van der Waals surface area contributed by atoms with Gasteiger partial charge in [-0.15, -0.1) is 5.10 Å². The van der Waals surface area contributed by atoms with Crippen LogP contribution in [0.5, 0.6) is 0 Å². The lowest BCUT2D eigenvalue weighted by Gasteiger charge is -2.05. The zero-order chi connectivity index (χ0) is 10.8. The number of aliphatic hydroxyl groups excluding tert-OH is 1. The molecule has 0 amide bonds. The van der Waals surface area contributed by atoms with Crippen LogP contribution in [0.15, 0.2) is 12.4 Å². The number of hydrogen-bond acceptors (Lipinski definition) is 5. The Bertz CT molecular complexity index is 450. The summed E-state index contributed by atoms with van der Waals surface area (Å²) in [4.78, 5) is 0.811. The quantitative estimate of drug-likeness (QED) is 0.842. The summed E-state index contributed by atoms with van der Waals surface area (Å²) in [7, 11) is 1.82. The molecule has 0 bridgehead atoms. The van der Waals surface area contributed by atoms with Crippen LogP contribution in [0.25, 0.3) is 0 Å². The lowest BCUT2D eigenvalue weighted by Crippen LogP contribution is -1.99. The first-order valence-corrected chi connectivity index (χ1v) is 5.47. The van der Waals surface area contributed by atoms with Crippen molar-refractivity contribution in [3.8, 4) is 0 Å². The lowest BCUT2D eigenvalue weighted by molar-refractivity contribution is 0.222. The van der Waals surface area contributed by atoms with Crippen molar-refractivity contribution in [2.75, 3.05) is 0 Å². The van der Waals surface area contributed by atoms with E-state index in [1.807, 2.05) is 14.0 Å². The minimum Gasteiger partial charge on any atom is -0.383 e. The molecule has 2 aromatic rings.